The molecule has 0 N–H and O–H groups in total. The van der Waals surface area contributed by atoms with Gasteiger partial charge in [-0.25, -0.2) is 0 Å². The Balaban J connectivity index is 1.81. The van der Waals surface area contributed by atoms with Crippen LogP contribution in [0.3, 0.4) is 0 Å². The molecule has 3 rings (SSSR count). The van der Waals surface area contributed by atoms with Crippen molar-refractivity contribution in [1.82, 2.24) is 0 Å². The number of esters is 1. The number of anilines is 1. The van der Waals surface area contributed by atoms with Crippen LogP contribution in [0.5, 0.6) is 0 Å². The average molecular weight is 367 g/mol. The number of hydrogen-bond donors (Lipinski definition) is 0. The largest absolute Gasteiger partial charge is 0.468 e. The molecule has 0 bridgehead atoms. The molecule has 1 unspecified atom stereocenters. The van der Waals surface area contributed by atoms with Gasteiger partial charge in [0.1, 0.15) is 5.41 Å². The molecule has 27 heavy (non-hydrogen) atoms. The third kappa shape index (κ3) is 3.88. The normalized spacial score (nSPS) is 19.4. The van der Waals surface area contributed by atoms with Crippen LogP contribution in [0.1, 0.15) is 23.1 Å². The number of ether oxygens (including phenoxy) is 2. The Labute approximate surface area is 159 Å². The fourth-order valence-electron chi connectivity index (χ4n) is 3.71. The maximum atomic E-state index is 12.8. The van der Waals surface area contributed by atoms with Crippen molar-refractivity contribution in [3.05, 3.63) is 65.2 Å². The first-order chi connectivity index (χ1) is 13.0. The van der Waals surface area contributed by atoms with E-state index in [2.05, 4.69) is 0 Å². The van der Waals surface area contributed by atoms with E-state index in [1.807, 2.05) is 62.4 Å². The number of benzene rings is 2. The van der Waals surface area contributed by atoms with Crippen LogP contribution in [0, 0.1) is 19.3 Å². The second kappa shape index (κ2) is 7.92. The molecule has 1 amide bonds. The lowest BCUT2D eigenvalue weighted by atomic mass is 9.88. The van der Waals surface area contributed by atoms with E-state index in [1.165, 1.54) is 7.11 Å². The van der Waals surface area contributed by atoms with Crippen molar-refractivity contribution in [3.8, 4) is 0 Å². The summed E-state index contributed by atoms with van der Waals surface area (Å²) in [6.07, 6.45) is 0.0856. The summed E-state index contributed by atoms with van der Waals surface area (Å²) in [6, 6.07) is 15.7. The van der Waals surface area contributed by atoms with Crippen molar-refractivity contribution in [3.63, 3.8) is 0 Å². The Hall–Kier alpha value is -2.66. The molecule has 0 spiro atoms. The van der Waals surface area contributed by atoms with Gasteiger partial charge in [-0.1, -0.05) is 48.5 Å². The molecule has 1 aliphatic heterocycles. The maximum absolute atomic E-state index is 12.8. The van der Waals surface area contributed by atoms with Crippen LogP contribution in [0.25, 0.3) is 0 Å². The first-order valence-electron chi connectivity index (χ1n) is 9.03. The van der Waals surface area contributed by atoms with E-state index in [4.69, 9.17) is 9.47 Å². The standard InChI is InChI=1S/C22H25NO4/c1-16-8-7-9-17(2)20(16)23-14-22(12-19(23)24,21(25)26-3)15-27-13-18-10-5-4-6-11-18/h4-11H,12-15H2,1-3H3. The monoisotopic (exact) mass is 367 g/mol. The summed E-state index contributed by atoms with van der Waals surface area (Å²) in [5.74, 6) is -0.487. The number of rotatable bonds is 6. The van der Waals surface area contributed by atoms with Crippen LogP contribution >= 0.6 is 0 Å². The van der Waals surface area contributed by atoms with Gasteiger partial charge in [0.25, 0.3) is 0 Å². The number of nitrogens with zero attached hydrogens (tertiary/aromatic N) is 1. The van der Waals surface area contributed by atoms with Gasteiger partial charge < -0.3 is 14.4 Å². The first kappa shape index (κ1) is 19.1. The second-order valence-electron chi connectivity index (χ2n) is 7.15. The molecule has 5 nitrogen and oxygen atoms in total. The van der Waals surface area contributed by atoms with Crippen molar-refractivity contribution >= 4 is 17.6 Å². The van der Waals surface area contributed by atoms with Crippen molar-refractivity contribution < 1.29 is 19.1 Å². The zero-order valence-electron chi connectivity index (χ0n) is 16.0. The molecule has 0 aliphatic carbocycles. The van der Waals surface area contributed by atoms with E-state index in [0.29, 0.717) is 6.61 Å². The highest BCUT2D eigenvalue weighted by Crippen LogP contribution is 2.38. The summed E-state index contributed by atoms with van der Waals surface area (Å²) in [7, 11) is 1.35. The molecule has 142 valence electrons. The summed E-state index contributed by atoms with van der Waals surface area (Å²) in [5.41, 5.74) is 2.92. The molecule has 2 aromatic carbocycles. The van der Waals surface area contributed by atoms with E-state index in [9.17, 15) is 9.59 Å². The number of aryl methyl sites for hydroxylation is 2. The lowest BCUT2D eigenvalue weighted by molar-refractivity contribution is -0.156. The Bertz CT molecular complexity index is 813. The van der Waals surface area contributed by atoms with Gasteiger partial charge in [-0.3, -0.25) is 9.59 Å². The Morgan fingerprint density at radius 2 is 1.74 bits per heavy atom. The van der Waals surface area contributed by atoms with E-state index in [1.54, 1.807) is 4.90 Å². The highest BCUT2D eigenvalue weighted by atomic mass is 16.5. The Kier molecular flexibility index (Phi) is 5.61. The van der Waals surface area contributed by atoms with Gasteiger partial charge >= 0.3 is 5.97 Å². The quantitative estimate of drug-likeness (QED) is 0.734. The van der Waals surface area contributed by atoms with Crippen molar-refractivity contribution in [2.75, 3.05) is 25.2 Å². The highest BCUT2D eigenvalue weighted by molar-refractivity contribution is 6.02. The second-order valence-corrected chi connectivity index (χ2v) is 7.15. The van der Waals surface area contributed by atoms with E-state index in [0.717, 1.165) is 22.4 Å². The van der Waals surface area contributed by atoms with Crippen molar-refractivity contribution in [1.29, 1.82) is 0 Å². The predicted octanol–water partition coefficient (Wildman–Crippen LogP) is 3.42. The van der Waals surface area contributed by atoms with Gasteiger partial charge in [-0.15, -0.1) is 0 Å². The smallest absolute Gasteiger partial charge is 0.316 e. The topological polar surface area (TPSA) is 55.8 Å². The van der Waals surface area contributed by atoms with Crippen LogP contribution in [0.2, 0.25) is 0 Å². The van der Waals surface area contributed by atoms with Gasteiger partial charge in [0, 0.05) is 18.7 Å². The minimum Gasteiger partial charge on any atom is -0.468 e. The first-order valence-corrected chi connectivity index (χ1v) is 9.03. The molecule has 2 aromatic rings. The molecule has 1 fully saturated rings. The van der Waals surface area contributed by atoms with Crippen molar-refractivity contribution in [2.24, 2.45) is 5.41 Å². The number of para-hydroxylation sites is 1. The van der Waals surface area contributed by atoms with Gasteiger partial charge in [0.15, 0.2) is 0 Å². The molecule has 1 heterocycles. The van der Waals surface area contributed by atoms with Gasteiger partial charge in [0.2, 0.25) is 5.91 Å². The third-order valence-corrected chi connectivity index (χ3v) is 5.07. The molecule has 0 saturated carbocycles. The molecule has 1 saturated heterocycles. The van der Waals surface area contributed by atoms with Crippen LogP contribution in [-0.2, 0) is 25.7 Å². The van der Waals surface area contributed by atoms with Crippen LogP contribution in [0.15, 0.2) is 48.5 Å². The summed E-state index contributed by atoms with van der Waals surface area (Å²) in [4.78, 5) is 27.1. The lowest BCUT2D eigenvalue weighted by Crippen LogP contribution is -2.40. The fourth-order valence-corrected chi connectivity index (χ4v) is 3.71. The summed E-state index contributed by atoms with van der Waals surface area (Å²) in [6.45, 7) is 4.73. The summed E-state index contributed by atoms with van der Waals surface area (Å²) in [5, 5.41) is 0. The van der Waals surface area contributed by atoms with Gasteiger partial charge in [0.05, 0.1) is 20.3 Å². The van der Waals surface area contributed by atoms with E-state index < -0.39 is 11.4 Å². The minimum absolute atomic E-state index is 0.0823. The molecule has 5 heteroatoms. The number of carbonyl (C=O) groups is 2. The molecule has 0 aromatic heterocycles. The molecular formula is C22H25NO4. The molecule has 1 aliphatic rings. The lowest BCUT2D eigenvalue weighted by Gasteiger charge is -2.27. The Morgan fingerprint density at radius 3 is 2.37 bits per heavy atom. The summed E-state index contributed by atoms with van der Waals surface area (Å²) >= 11 is 0. The Morgan fingerprint density at radius 1 is 1.07 bits per heavy atom. The average Bonchev–Trinajstić information content (AvgIpc) is 2.99. The number of methoxy groups -OCH3 is 1. The molecular weight excluding hydrogens is 342 g/mol. The molecule has 1 atom stereocenters. The van der Waals surface area contributed by atoms with Crippen LogP contribution in [-0.4, -0.2) is 32.1 Å². The third-order valence-electron chi connectivity index (χ3n) is 5.07. The van der Waals surface area contributed by atoms with Gasteiger partial charge in [-0.2, -0.15) is 0 Å². The molecule has 0 radical (unpaired) electrons. The fraction of sp³-hybridized carbons (Fsp3) is 0.364. The zero-order chi connectivity index (χ0) is 19.4. The number of hydrogen-bond acceptors (Lipinski definition) is 4. The SMILES string of the molecule is COC(=O)C1(COCc2ccccc2)CC(=O)N(c2c(C)cccc2C)C1. The van der Waals surface area contributed by atoms with Gasteiger partial charge in [-0.05, 0) is 30.5 Å². The summed E-state index contributed by atoms with van der Waals surface area (Å²) < 4.78 is 10.9. The zero-order valence-corrected chi connectivity index (χ0v) is 16.0. The predicted molar refractivity (Wildman–Crippen MR) is 103 cm³/mol. The number of carbonyl (C=O) groups excluding carboxylic acids is 2. The van der Waals surface area contributed by atoms with Crippen LogP contribution in [0.4, 0.5) is 5.69 Å². The van der Waals surface area contributed by atoms with E-state index >= 15 is 0 Å². The maximum Gasteiger partial charge on any atom is 0.316 e. The highest BCUT2D eigenvalue weighted by Gasteiger charge is 2.51. The number of amides is 1. The van der Waals surface area contributed by atoms with E-state index in [-0.39, 0.29) is 25.5 Å². The van der Waals surface area contributed by atoms with Crippen molar-refractivity contribution in [2.45, 2.75) is 26.9 Å². The van der Waals surface area contributed by atoms with Crippen LogP contribution < -0.4 is 4.90 Å². The minimum atomic E-state index is -0.991.